The van der Waals surface area contributed by atoms with Gasteiger partial charge in [-0.05, 0) is 55.8 Å². The van der Waals surface area contributed by atoms with Gasteiger partial charge in [-0.15, -0.1) is 0 Å². The molecule has 1 aliphatic carbocycles. The molecule has 1 saturated heterocycles. The van der Waals surface area contributed by atoms with E-state index < -0.39 is 0 Å². The lowest BCUT2D eigenvalue weighted by atomic mass is 9.74. The van der Waals surface area contributed by atoms with Crippen LogP contribution in [0.5, 0.6) is 0 Å². The van der Waals surface area contributed by atoms with Gasteiger partial charge in [0.05, 0.1) is 12.5 Å². The van der Waals surface area contributed by atoms with Crippen LogP contribution in [0.15, 0.2) is 24.3 Å². The Morgan fingerprint density at radius 2 is 2.11 bits per heavy atom. The first-order chi connectivity index (χ1) is 9.27. The number of fused-ring (bicyclic) bond motifs is 2. The van der Waals surface area contributed by atoms with Gasteiger partial charge >= 0.3 is 5.97 Å². The molecule has 1 spiro atoms. The van der Waals surface area contributed by atoms with Gasteiger partial charge in [0, 0.05) is 0 Å². The first kappa shape index (κ1) is 12.7. The van der Waals surface area contributed by atoms with E-state index in [-0.39, 0.29) is 17.3 Å². The molecule has 1 aromatic carbocycles. The van der Waals surface area contributed by atoms with Gasteiger partial charge in [-0.2, -0.15) is 0 Å². The summed E-state index contributed by atoms with van der Waals surface area (Å²) in [6.07, 6.45) is 3.17. The predicted octanol–water partition coefficient (Wildman–Crippen LogP) is 2.36. The molecule has 3 nitrogen and oxygen atoms in total. The molecule has 19 heavy (non-hydrogen) atoms. The average Bonchev–Trinajstić information content (AvgIpc) is 2.76. The van der Waals surface area contributed by atoms with Crippen molar-refractivity contribution in [1.29, 1.82) is 0 Å². The summed E-state index contributed by atoms with van der Waals surface area (Å²) >= 11 is 0. The number of piperidine rings is 1. The molecule has 1 aromatic rings. The summed E-state index contributed by atoms with van der Waals surface area (Å²) in [5.74, 6) is -0.111. The monoisotopic (exact) mass is 259 g/mol. The molecule has 1 N–H and O–H groups in total. The summed E-state index contributed by atoms with van der Waals surface area (Å²) in [4.78, 5) is 12.2. The zero-order valence-corrected chi connectivity index (χ0v) is 11.4. The van der Waals surface area contributed by atoms with Gasteiger partial charge in [0.2, 0.25) is 0 Å². The van der Waals surface area contributed by atoms with Crippen molar-refractivity contribution in [2.24, 2.45) is 0 Å². The Labute approximate surface area is 114 Å². The quantitative estimate of drug-likeness (QED) is 0.829. The van der Waals surface area contributed by atoms with Gasteiger partial charge < -0.3 is 10.1 Å². The van der Waals surface area contributed by atoms with Gasteiger partial charge in [0.15, 0.2) is 0 Å². The van der Waals surface area contributed by atoms with Gasteiger partial charge in [-0.25, -0.2) is 0 Å². The van der Waals surface area contributed by atoms with Crippen LogP contribution in [0.25, 0.3) is 0 Å². The molecule has 0 aromatic heterocycles. The Kier molecular flexibility index (Phi) is 3.31. The highest BCUT2D eigenvalue weighted by molar-refractivity contribution is 5.80. The van der Waals surface area contributed by atoms with E-state index in [1.165, 1.54) is 11.1 Å². The molecule has 1 unspecified atom stereocenters. The molecule has 0 saturated carbocycles. The van der Waals surface area contributed by atoms with Crippen LogP contribution >= 0.6 is 0 Å². The number of carbonyl (C=O) groups is 1. The van der Waals surface area contributed by atoms with Crippen LogP contribution in [0.3, 0.4) is 0 Å². The standard InChI is InChI=1S/C16H21NO2/c1-2-19-15(18)13-11-16(7-9-17-10-8-16)14-6-4-3-5-12(13)14/h3-6,13,17H,2,7-11H2,1H3. The Hall–Kier alpha value is -1.35. The molecule has 1 aliphatic heterocycles. The minimum atomic E-state index is -0.0609. The van der Waals surface area contributed by atoms with Gasteiger partial charge in [-0.1, -0.05) is 24.3 Å². The molecular formula is C16H21NO2. The van der Waals surface area contributed by atoms with E-state index >= 15 is 0 Å². The summed E-state index contributed by atoms with van der Waals surface area (Å²) in [7, 11) is 0. The third-order valence-corrected chi connectivity index (χ3v) is 4.63. The lowest BCUT2D eigenvalue weighted by Gasteiger charge is -2.35. The van der Waals surface area contributed by atoms with Crippen LogP contribution in [0.1, 0.15) is 43.2 Å². The molecule has 102 valence electrons. The number of benzene rings is 1. The van der Waals surface area contributed by atoms with E-state index in [1.54, 1.807) is 0 Å². The lowest BCUT2D eigenvalue weighted by molar-refractivity contribution is -0.145. The molecular weight excluding hydrogens is 238 g/mol. The molecule has 0 radical (unpaired) electrons. The van der Waals surface area contributed by atoms with Crippen molar-refractivity contribution >= 4 is 5.97 Å². The van der Waals surface area contributed by atoms with E-state index in [1.807, 2.05) is 13.0 Å². The van der Waals surface area contributed by atoms with Crippen LogP contribution in [-0.2, 0) is 14.9 Å². The van der Waals surface area contributed by atoms with Gasteiger partial charge in [0.25, 0.3) is 0 Å². The predicted molar refractivity (Wildman–Crippen MR) is 74.2 cm³/mol. The summed E-state index contributed by atoms with van der Waals surface area (Å²) in [5.41, 5.74) is 2.77. The number of esters is 1. The highest BCUT2D eigenvalue weighted by Gasteiger charge is 2.46. The second-order valence-electron chi connectivity index (χ2n) is 5.63. The van der Waals surface area contributed by atoms with Crippen molar-refractivity contribution in [2.75, 3.05) is 19.7 Å². The first-order valence-corrected chi connectivity index (χ1v) is 7.23. The fraction of sp³-hybridized carbons (Fsp3) is 0.562. The highest BCUT2D eigenvalue weighted by Crippen LogP contribution is 2.51. The number of carbonyl (C=O) groups excluding carboxylic acids is 1. The zero-order valence-electron chi connectivity index (χ0n) is 11.4. The maximum atomic E-state index is 12.2. The fourth-order valence-electron chi connectivity index (χ4n) is 3.73. The summed E-state index contributed by atoms with van der Waals surface area (Å²) in [6, 6.07) is 8.44. The number of ether oxygens (including phenoxy) is 1. The minimum Gasteiger partial charge on any atom is -0.466 e. The number of rotatable bonds is 2. The summed E-state index contributed by atoms with van der Waals surface area (Å²) in [6.45, 7) is 4.43. The smallest absolute Gasteiger partial charge is 0.313 e. The van der Waals surface area contributed by atoms with Crippen molar-refractivity contribution in [3.63, 3.8) is 0 Å². The molecule has 0 amide bonds. The molecule has 2 aliphatic rings. The minimum absolute atomic E-state index is 0.0506. The van der Waals surface area contributed by atoms with Crippen LogP contribution < -0.4 is 5.32 Å². The van der Waals surface area contributed by atoms with Crippen molar-refractivity contribution in [2.45, 2.75) is 37.5 Å². The lowest BCUT2D eigenvalue weighted by Crippen LogP contribution is -2.38. The third kappa shape index (κ3) is 2.06. The number of hydrogen-bond acceptors (Lipinski definition) is 3. The van der Waals surface area contributed by atoms with Crippen LogP contribution in [0, 0.1) is 0 Å². The van der Waals surface area contributed by atoms with Crippen molar-refractivity contribution in [1.82, 2.24) is 5.32 Å². The molecule has 1 atom stereocenters. The number of nitrogens with one attached hydrogen (secondary N) is 1. The topological polar surface area (TPSA) is 38.3 Å². The molecule has 1 heterocycles. The molecule has 3 heteroatoms. The van der Waals surface area contributed by atoms with Crippen molar-refractivity contribution in [3.05, 3.63) is 35.4 Å². The average molecular weight is 259 g/mol. The summed E-state index contributed by atoms with van der Waals surface area (Å²) < 4.78 is 5.26. The molecule has 3 rings (SSSR count). The van der Waals surface area contributed by atoms with E-state index in [9.17, 15) is 4.79 Å². The zero-order chi connectivity index (χ0) is 13.3. The first-order valence-electron chi connectivity index (χ1n) is 7.23. The van der Waals surface area contributed by atoms with Gasteiger partial charge in [-0.3, -0.25) is 4.79 Å². The summed E-state index contributed by atoms with van der Waals surface area (Å²) in [5, 5.41) is 3.42. The van der Waals surface area contributed by atoms with Crippen molar-refractivity contribution in [3.8, 4) is 0 Å². The van der Waals surface area contributed by atoms with Crippen molar-refractivity contribution < 1.29 is 9.53 Å². The van der Waals surface area contributed by atoms with E-state index in [2.05, 4.69) is 23.5 Å². The third-order valence-electron chi connectivity index (χ3n) is 4.63. The largest absolute Gasteiger partial charge is 0.466 e. The van der Waals surface area contributed by atoms with Crippen LogP contribution in [-0.4, -0.2) is 25.7 Å². The molecule has 1 fully saturated rings. The normalized spacial score (nSPS) is 24.2. The second-order valence-corrected chi connectivity index (χ2v) is 5.63. The Balaban J connectivity index is 1.97. The van der Waals surface area contributed by atoms with E-state index in [0.717, 1.165) is 32.4 Å². The Morgan fingerprint density at radius 3 is 2.84 bits per heavy atom. The van der Waals surface area contributed by atoms with E-state index in [4.69, 9.17) is 4.74 Å². The maximum absolute atomic E-state index is 12.2. The maximum Gasteiger partial charge on any atom is 0.313 e. The fourth-order valence-corrected chi connectivity index (χ4v) is 3.73. The second kappa shape index (κ2) is 4.97. The Morgan fingerprint density at radius 1 is 1.37 bits per heavy atom. The van der Waals surface area contributed by atoms with E-state index in [0.29, 0.717) is 6.61 Å². The molecule has 0 bridgehead atoms. The number of hydrogen-bond donors (Lipinski definition) is 1. The van der Waals surface area contributed by atoms with Gasteiger partial charge in [0.1, 0.15) is 0 Å². The highest BCUT2D eigenvalue weighted by atomic mass is 16.5. The Bertz CT molecular complexity index is 477. The van der Waals surface area contributed by atoms with Crippen LogP contribution in [0.2, 0.25) is 0 Å². The van der Waals surface area contributed by atoms with Crippen LogP contribution in [0.4, 0.5) is 0 Å². The SMILES string of the molecule is CCOC(=O)C1CC2(CCNCC2)c2ccccc21.